The topological polar surface area (TPSA) is 15.6 Å². The van der Waals surface area contributed by atoms with Gasteiger partial charge >= 0.3 is 0 Å². The minimum atomic E-state index is 0.726. The van der Waals surface area contributed by atoms with Crippen molar-refractivity contribution in [1.29, 1.82) is 0 Å². The molecular formula is C18H32N2. The molecule has 1 aliphatic rings. The van der Waals surface area contributed by atoms with Gasteiger partial charge in [0.15, 0.2) is 0 Å². The maximum absolute atomic E-state index is 4.57. The Bertz CT molecular complexity index is 366. The van der Waals surface area contributed by atoms with Gasteiger partial charge in [-0.3, -0.25) is 0 Å². The zero-order chi connectivity index (χ0) is 15.1. The first-order valence-corrected chi connectivity index (χ1v) is 8.11. The molecule has 114 valence electrons. The van der Waals surface area contributed by atoms with E-state index >= 15 is 0 Å². The number of likely N-dealkylation sites (tertiary alicyclic amines) is 1. The second kappa shape index (κ2) is 8.28. The first-order chi connectivity index (χ1) is 9.47. The first-order valence-electron chi connectivity index (χ1n) is 8.11. The van der Waals surface area contributed by atoms with E-state index in [1.165, 1.54) is 18.4 Å². The minimum absolute atomic E-state index is 0.726. The molecule has 0 N–H and O–H groups in total. The summed E-state index contributed by atoms with van der Waals surface area (Å²) in [7, 11) is 0. The Morgan fingerprint density at radius 3 is 2.70 bits per heavy atom. The molecule has 0 aromatic rings. The second-order valence-electron chi connectivity index (χ2n) is 6.47. The molecule has 1 heterocycles. The monoisotopic (exact) mass is 276 g/mol. The van der Waals surface area contributed by atoms with Crippen molar-refractivity contribution in [2.24, 2.45) is 22.7 Å². The van der Waals surface area contributed by atoms with Gasteiger partial charge in [0.1, 0.15) is 5.82 Å². The van der Waals surface area contributed by atoms with Gasteiger partial charge in [0.05, 0.1) is 0 Å². The molecule has 1 aliphatic heterocycles. The Morgan fingerprint density at radius 1 is 1.45 bits per heavy atom. The van der Waals surface area contributed by atoms with Crippen LogP contribution in [0.15, 0.2) is 29.0 Å². The average Bonchev–Trinajstić information content (AvgIpc) is 2.61. The van der Waals surface area contributed by atoms with E-state index < -0.39 is 0 Å². The summed E-state index contributed by atoms with van der Waals surface area (Å²) in [5.74, 6) is 3.27. The lowest BCUT2D eigenvalue weighted by Crippen LogP contribution is -2.25. The lowest BCUT2D eigenvalue weighted by atomic mass is 9.86. The van der Waals surface area contributed by atoms with Crippen LogP contribution >= 0.6 is 0 Å². The van der Waals surface area contributed by atoms with Crippen molar-refractivity contribution in [3.8, 4) is 0 Å². The highest BCUT2D eigenvalue weighted by atomic mass is 15.2. The van der Waals surface area contributed by atoms with E-state index in [0.29, 0.717) is 0 Å². The average molecular weight is 276 g/mol. The van der Waals surface area contributed by atoms with E-state index in [2.05, 4.69) is 57.2 Å². The summed E-state index contributed by atoms with van der Waals surface area (Å²) >= 11 is 0. The number of aliphatic imine (C=N–C) groups is 1. The van der Waals surface area contributed by atoms with Crippen LogP contribution in [-0.2, 0) is 0 Å². The van der Waals surface area contributed by atoms with Crippen LogP contribution in [0.4, 0.5) is 0 Å². The molecule has 1 saturated heterocycles. The predicted molar refractivity (Wildman–Crippen MR) is 90.0 cm³/mol. The van der Waals surface area contributed by atoms with Gasteiger partial charge in [-0.15, -0.1) is 0 Å². The number of hydrogen-bond donors (Lipinski definition) is 0. The summed E-state index contributed by atoms with van der Waals surface area (Å²) in [6.45, 7) is 17.6. The van der Waals surface area contributed by atoms with Crippen LogP contribution in [0.25, 0.3) is 0 Å². The summed E-state index contributed by atoms with van der Waals surface area (Å²) < 4.78 is 0. The molecule has 2 unspecified atom stereocenters. The van der Waals surface area contributed by atoms with Crippen molar-refractivity contribution in [3.05, 3.63) is 24.0 Å². The molecular weight excluding hydrogens is 244 g/mol. The standard InChI is InChI=1S/C18H32N2/c1-7-17(8-2)12-19-16(6)20-10-9-18(14(3)4)11-15(5)13-20/h7,12,14-15,18H,6,8-11,13H2,1-5H3/b17-7-,19-12-. The first kappa shape index (κ1) is 17.0. The highest BCUT2D eigenvalue weighted by Crippen LogP contribution is 2.29. The molecule has 0 radical (unpaired) electrons. The van der Waals surface area contributed by atoms with Crippen molar-refractivity contribution in [1.82, 2.24) is 4.90 Å². The third kappa shape index (κ3) is 5.15. The lowest BCUT2D eigenvalue weighted by Gasteiger charge is -2.24. The zero-order valence-corrected chi connectivity index (χ0v) is 14.0. The summed E-state index contributed by atoms with van der Waals surface area (Å²) in [5.41, 5.74) is 1.27. The maximum Gasteiger partial charge on any atom is 0.121 e. The van der Waals surface area contributed by atoms with Gasteiger partial charge in [0.2, 0.25) is 0 Å². The minimum Gasteiger partial charge on any atom is -0.357 e. The molecule has 0 aliphatic carbocycles. The Labute approximate surface area is 125 Å². The predicted octanol–water partition coefficient (Wildman–Crippen LogP) is 4.89. The Kier molecular flexibility index (Phi) is 7.04. The summed E-state index contributed by atoms with van der Waals surface area (Å²) in [5, 5.41) is 0. The van der Waals surface area contributed by atoms with Gasteiger partial charge < -0.3 is 4.90 Å². The fourth-order valence-electron chi connectivity index (χ4n) is 2.95. The lowest BCUT2D eigenvalue weighted by molar-refractivity contribution is 0.316. The van der Waals surface area contributed by atoms with E-state index in [-0.39, 0.29) is 0 Å². The van der Waals surface area contributed by atoms with Crippen molar-refractivity contribution in [2.75, 3.05) is 13.1 Å². The van der Waals surface area contributed by atoms with Gasteiger partial charge in [0, 0.05) is 19.3 Å². The van der Waals surface area contributed by atoms with Gasteiger partial charge in [-0.2, -0.15) is 0 Å². The van der Waals surface area contributed by atoms with Gasteiger partial charge in [-0.25, -0.2) is 4.99 Å². The van der Waals surface area contributed by atoms with Gasteiger partial charge in [-0.05, 0) is 49.5 Å². The second-order valence-corrected chi connectivity index (χ2v) is 6.47. The summed E-state index contributed by atoms with van der Waals surface area (Å²) in [6, 6.07) is 0. The number of hydrogen-bond acceptors (Lipinski definition) is 2. The molecule has 1 rings (SSSR count). The van der Waals surface area contributed by atoms with Gasteiger partial charge in [-0.1, -0.05) is 40.3 Å². The molecule has 0 spiro atoms. The molecule has 0 aromatic carbocycles. The fraction of sp³-hybridized carbons (Fsp3) is 0.722. The Hall–Kier alpha value is -1.05. The SMILES string of the molecule is C=C(/N=C\C(=C/C)CC)N1CCC(C(C)C)CC(C)C1. The Morgan fingerprint density at radius 2 is 2.15 bits per heavy atom. The molecule has 0 bridgehead atoms. The van der Waals surface area contributed by atoms with Crippen molar-refractivity contribution in [2.45, 2.75) is 53.9 Å². The van der Waals surface area contributed by atoms with Crippen LogP contribution < -0.4 is 0 Å². The molecule has 2 heteroatoms. The van der Waals surface area contributed by atoms with Crippen LogP contribution in [0.3, 0.4) is 0 Å². The van der Waals surface area contributed by atoms with Crippen LogP contribution in [-0.4, -0.2) is 24.2 Å². The molecule has 0 amide bonds. The highest BCUT2D eigenvalue weighted by molar-refractivity contribution is 5.78. The van der Waals surface area contributed by atoms with Crippen molar-refractivity contribution < 1.29 is 0 Å². The van der Waals surface area contributed by atoms with Crippen LogP contribution in [0, 0.1) is 17.8 Å². The third-order valence-corrected chi connectivity index (χ3v) is 4.47. The quantitative estimate of drug-likeness (QED) is 0.653. The fourth-order valence-corrected chi connectivity index (χ4v) is 2.95. The molecule has 2 nitrogen and oxygen atoms in total. The third-order valence-electron chi connectivity index (χ3n) is 4.47. The molecule has 1 fully saturated rings. The van der Waals surface area contributed by atoms with Crippen molar-refractivity contribution in [3.63, 3.8) is 0 Å². The van der Waals surface area contributed by atoms with Crippen LogP contribution in [0.5, 0.6) is 0 Å². The summed E-state index contributed by atoms with van der Waals surface area (Å²) in [4.78, 5) is 6.94. The normalized spacial score (nSPS) is 25.3. The summed E-state index contributed by atoms with van der Waals surface area (Å²) in [6.07, 6.45) is 7.72. The van der Waals surface area contributed by atoms with E-state index in [0.717, 1.165) is 43.1 Å². The van der Waals surface area contributed by atoms with Crippen LogP contribution in [0.1, 0.15) is 53.9 Å². The molecule has 20 heavy (non-hydrogen) atoms. The van der Waals surface area contributed by atoms with E-state index in [1.54, 1.807) is 0 Å². The highest BCUT2D eigenvalue weighted by Gasteiger charge is 2.24. The van der Waals surface area contributed by atoms with E-state index in [4.69, 9.17) is 0 Å². The zero-order valence-electron chi connectivity index (χ0n) is 14.0. The smallest absolute Gasteiger partial charge is 0.121 e. The number of rotatable bonds is 5. The largest absolute Gasteiger partial charge is 0.357 e. The molecule has 2 atom stereocenters. The van der Waals surface area contributed by atoms with Gasteiger partial charge in [0.25, 0.3) is 0 Å². The van der Waals surface area contributed by atoms with Crippen LogP contribution in [0.2, 0.25) is 0 Å². The van der Waals surface area contributed by atoms with E-state index in [9.17, 15) is 0 Å². The molecule has 0 aromatic heterocycles. The Balaban J connectivity index is 2.65. The molecule has 0 saturated carbocycles. The number of nitrogens with zero attached hydrogens (tertiary/aromatic N) is 2. The van der Waals surface area contributed by atoms with Crippen molar-refractivity contribution >= 4 is 6.21 Å². The maximum atomic E-state index is 4.57. The van der Waals surface area contributed by atoms with E-state index in [1.807, 2.05) is 6.21 Å². The number of allylic oxidation sites excluding steroid dienone is 2.